The zero-order chi connectivity index (χ0) is 11.7. The lowest BCUT2D eigenvalue weighted by Gasteiger charge is -2.01. The molecular formula is C8H8BrN5O2. The van der Waals surface area contributed by atoms with Crippen LogP contribution in [-0.2, 0) is 13.6 Å². The first-order valence-electron chi connectivity index (χ1n) is 4.41. The van der Waals surface area contributed by atoms with Crippen molar-refractivity contribution in [3.8, 4) is 0 Å². The zero-order valence-electron chi connectivity index (χ0n) is 8.35. The number of rotatable bonds is 2. The number of aryl methyl sites for hydroxylation is 1. The third-order valence-electron chi connectivity index (χ3n) is 1.95. The lowest BCUT2D eigenvalue weighted by molar-refractivity contribution is 0.690. The van der Waals surface area contributed by atoms with Gasteiger partial charge in [0.05, 0.1) is 11.0 Å². The largest absolute Gasteiger partial charge is 0.328 e. The smallest absolute Gasteiger partial charge is 0.293 e. The van der Waals surface area contributed by atoms with E-state index in [1.54, 1.807) is 17.9 Å². The third-order valence-corrected chi connectivity index (χ3v) is 2.51. The van der Waals surface area contributed by atoms with Crippen molar-refractivity contribution in [3.63, 3.8) is 0 Å². The van der Waals surface area contributed by atoms with Gasteiger partial charge in [-0.15, -0.1) is 5.10 Å². The second-order valence-corrected chi connectivity index (χ2v) is 4.10. The molecular weight excluding hydrogens is 278 g/mol. The van der Waals surface area contributed by atoms with E-state index < -0.39 is 11.2 Å². The highest BCUT2D eigenvalue weighted by Gasteiger charge is 2.04. The van der Waals surface area contributed by atoms with E-state index in [9.17, 15) is 9.59 Å². The van der Waals surface area contributed by atoms with Crippen molar-refractivity contribution >= 4 is 15.9 Å². The standard InChI is InChI=1S/C8H8BrN5O2/c1-13-2-5(11-12-13)3-14-4-6(9)7(15)10-8(14)16/h2,4H,3H2,1H3,(H,10,15,16). The van der Waals surface area contributed by atoms with Gasteiger partial charge < -0.3 is 0 Å². The molecule has 1 N–H and O–H groups in total. The molecule has 2 rings (SSSR count). The first-order valence-corrected chi connectivity index (χ1v) is 5.20. The van der Waals surface area contributed by atoms with Gasteiger partial charge in [0, 0.05) is 19.4 Å². The van der Waals surface area contributed by atoms with E-state index >= 15 is 0 Å². The van der Waals surface area contributed by atoms with Crippen LogP contribution in [0.15, 0.2) is 26.5 Å². The van der Waals surface area contributed by atoms with Gasteiger partial charge in [-0.3, -0.25) is 19.0 Å². The van der Waals surface area contributed by atoms with Crippen molar-refractivity contribution in [1.29, 1.82) is 0 Å². The van der Waals surface area contributed by atoms with Crippen LogP contribution in [0, 0.1) is 0 Å². The summed E-state index contributed by atoms with van der Waals surface area (Å²) in [5.41, 5.74) is -0.275. The van der Waals surface area contributed by atoms with Crippen LogP contribution in [0.2, 0.25) is 0 Å². The van der Waals surface area contributed by atoms with E-state index in [2.05, 4.69) is 31.2 Å². The maximum Gasteiger partial charge on any atom is 0.328 e. The summed E-state index contributed by atoms with van der Waals surface area (Å²) in [4.78, 5) is 24.7. The van der Waals surface area contributed by atoms with Crippen LogP contribution in [0.5, 0.6) is 0 Å². The molecule has 0 amide bonds. The van der Waals surface area contributed by atoms with Gasteiger partial charge in [0.1, 0.15) is 5.69 Å². The van der Waals surface area contributed by atoms with Gasteiger partial charge in [-0.25, -0.2) is 4.79 Å². The Morgan fingerprint density at radius 3 is 2.81 bits per heavy atom. The lowest BCUT2D eigenvalue weighted by Crippen LogP contribution is -2.30. The highest BCUT2D eigenvalue weighted by molar-refractivity contribution is 9.10. The second kappa shape index (κ2) is 4.05. The van der Waals surface area contributed by atoms with Crippen molar-refractivity contribution in [2.24, 2.45) is 7.05 Å². The Kier molecular flexibility index (Phi) is 2.73. The fourth-order valence-corrected chi connectivity index (χ4v) is 1.59. The van der Waals surface area contributed by atoms with Gasteiger partial charge in [-0.05, 0) is 15.9 Å². The van der Waals surface area contributed by atoms with Gasteiger partial charge in [0.2, 0.25) is 0 Å². The third kappa shape index (κ3) is 2.11. The Morgan fingerprint density at radius 1 is 1.44 bits per heavy atom. The molecule has 0 aliphatic heterocycles. The van der Waals surface area contributed by atoms with Crippen molar-refractivity contribution in [3.05, 3.63) is 43.4 Å². The molecule has 0 saturated heterocycles. The Labute approximate surface area is 97.9 Å². The first-order chi connectivity index (χ1) is 7.56. The number of nitrogens with one attached hydrogen (secondary N) is 1. The summed E-state index contributed by atoms with van der Waals surface area (Å²) in [7, 11) is 1.74. The quantitative estimate of drug-likeness (QED) is 0.804. The number of hydrogen-bond donors (Lipinski definition) is 1. The summed E-state index contributed by atoms with van der Waals surface area (Å²) < 4.78 is 3.19. The number of aromatic amines is 1. The van der Waals surface area contributed by atoms with E-state index in [1.807, 2.05) is 0 Å². The van der Waals surface area contributed by atoms with Gasteiger partial charge in [0.25, 0.3) is 5.56 Å². The van der Waals surface area contributed by atoms with Crippen molar-refractivity contribution in [2.45, 2.75) is 6.54 Å². The minimum absolute atomic E-state index is 0.266. The highest BCUT2D eigenvalue weighted by Crippen LogP contribution is 2.00. The van der Waals surface area contributed by atoms with Crippen LogP contribution in [0.4, 0.5) is 0 Å². The topological polar surface area (TPSA) is 85.6 Å². The molecule has 0 aliphatic rings. The van der Waals surface area contributed by atoms with Crippen LogP contribution >= 0.6 is 15.9 Å². The molecule has 0 aliphatic carbocycles. The van der Waals surface area contributed by atoms with Crippen molar-refractivity contribution in [2.75, 3.05) is 0 Å². The number of hydrogen-bond acceptors (Lipinski definition) is 4. The Bertz CT molecular complexity index is 626. The molecule has 2 aromatic heterocycles. The van der Waals surface area contributed by atoms with Crippen molar-refractivity contribution < 1.29 is 0 Å². The molecule has 0 bridgehead atoms. The maximum absolute atomic E-state index is 11.4. The molecule has 0 atom stereocenters. The molecule has 0 saturated carbocycles. The van der Waals surface area contributed by atoms with E-state index in [0.717, 1.165) is 0 Å². The average molecular weight is 286 g/mol. The lowest BCUT2D eigenvalue weighted by atomic mass is 10.4. The normalized spacial score (nSPS) is 10.6. The van der Waals surface area contributed by atoms with Crippen LogP contribution < -0.4 is 11.2 Å². The van der Waals surface area contributed by atoms with Gasteiger partial charge in [-0.2, -0.15) is 0 Å². The Hall–Kier alpha value is -1.70. The van der Waals surface area contributed by atoms with Gasteiger partial charge >= 0.3 is 5.69 Å². The van der Waals surface area contributed by atoms with Crippen molar-refractivity contribution in [1.82, 2.24) is 24.5 Å². The van der Waals surface area contributed by atoms with Gasteiger partial charge in [0.15, 0.2) is 0 Å². The average Bonchev–Trinajstić information content (AvgIpc) is 2.60. The number of H-pyrrole nitrogens is 1. The summed E-state index contributed by atoms with van der Waals surface area (Å²) >= 11 is 3.05. The Morgan fingerprint density at radius 2 is 2.19 bits per heavy atom. The monoisotopic (exact) mass is 285 g/mol. The second-order valence-electron chi connectivity index (χ2n) is 3.25. The predicted molar refractivity (Wildman–Crippen MR) is 59.1 cm³/mol. The predicted octanol–water partition coefficient (Wildman–Crippen LogP) is -0.524. The van der Waals surface area contributed by atoms with E-state index in [0.29, 0.717) is 10.2 Å². The number of nitrogens with zero attached hydrogens (tertiary/aromatic N) is 4. The fraction of sp³-hybridized carbons (Fsp3) is 0.250. The molecule has 2 aromatic rings. The summed E-state index contributed by atoms with van der Waals surface area (Å²) in [5, 5.41) is 7.60. The molecule has 2 heterocycles. The summed E-state index contributed by atoms with van der Waals surface area (Å²) in [6.45, 7) is 0.266. The molecule has 7 nitrogen and oxygen atoms in total. The molecule has 0 spiro atoms. The van der Waals surface area contributed by atoms with E-state index in [-0.39, 0.29) is 6.54 Å². The van der Waals surface area contributed by atoms with Crippen LogP contribution in [0.3, 0.4) is 0 Å². The minimum Gasteiger partial charge on any atom is -0.293 e. The first kappa shape index (κ1) is 10.8. The SMILES string of the molecule is Cn1cc(Cn2cc(Br)c(=O)[nH]c2=O)nn1. The van der Waals surface area contributed by atoms with Crippen LogP contribution in [0.25, 0.3) is 0 Å². The molecule has 8 heteroatoms. The molecule has 0 radical (unpaired) electrons. The van der Waals surface area contributed by atoms with E-state index in [1.165, 1.54) is 10.8 Å². The highest BCUT2D eigenvalue weighted by atomic mass is 79.9. The number of aromatic nitrogens is 5. The summed E-state index contributed by atoms with van der Waals surface area (Å²) in [6.07, 6.45) is 3.13. The fourth-order valence-electron chi connectivity index (χ4n) is 1.24. The molecule has 0 aromatic carbocycles. The zero-order valence-corrected chi connectivity index (χ0v) is 9.93. The molecule has 84 valence electrons. The minimum atomic E-state index is -0.473. The summed E-state index contributed by atoms with van der Waals surface area (Å²) in [5.74, 6) is 0. The molecule has 0 fully saturated rings. The molecule has 16 heavy (non-hydrogen) atoms. The number of halogens is 1. The van der Waals surface area contributed by atoms with E-state index in [4.69, 9.17) is 0 Å². The molecule has 0 unspecified atom stereocenters. The van der Waals surface area contributed by atoms with Gasteiger partial charge in [-0.1, -0.05) is 5.21 Å². The van der Waals surface area contributed by atoms with Crippen LogP contribution in [-0.4, -0.2) is 24.5 Å². The Balaban J connectivity index is 2.39. The summed E-state index contributed by atoms with van der Waals surface area (Å²) in [6, 6.07) is 0. The maximum atomic E-state index is 11.4. The van der Waals surface area contributed by atoms with Crippen LogP contribution in [0.1, 0.15) is 5.69 Å².